The lowest BCUT2D eigenvalue weighted by Gasteiger charge is -2.22. The summed E-state index contributed by atoms with van der Waals surface area (Å²) >= 11 is 6.72. The second kappa shape index (κ2) is 7.53. The molecule has 1 aromatic heterocycles. The maximum absolute atomic E-state index is 12.0. The minimum atomic E-state index is -0.523. The molecular weight excluding hydrogens is 424 g/mol. The lowest BCUT2D eigenvalue weighted by Crippen LogP contribution is -2.39. The van der Waals surface area contributed by atoms with Gasteiger partial charge in [0, 0.05) is 17.1 Å². The summed E-state index contributed by atoms with van der Waals surface area (Å²) in [6.07, 6.45) is 4.10. The van der Waals surface area contributed by atoms with E-state index in [4.69, 9.17) is 4.74 Å². The molecule has 0 saturated carbocycles. The molecule has 2 N–H and O–H groups in total. The number of ether oxygens (including phenoxy) is 1. The summed E-state index contributed by atoms with van der Waals surface area (Å²) < 4.78 is 6.12. The van der Waals surface area contributed by atoms with Gasteiger partial charge in [-0.2, -0.15) is 0 Å². The van der Waals surface area contributed by atoms with E-state index in [2.05, 4.69) is 48.2 Å². The highest BCUT2D eigenvalue weighted by Gasteiger charge is 2.19. The van der Waals surface area contributed by atoms with Crippen LogP contribution in [0.15, 0.2) is 39.9 Å². The Balaban J connectivity index is 2.16. The third kappa shape index (κ3) is 5.70. The number of hydrogen-bond donors (Lipinski definition) is 2. The summed E-state index contributed by atoms with van der Waals surface area (Å²) in [6, 6.07) is 7.90. The van der Waals surface area contributed by atoms with Crippen LogP contribution >= 0.6 is 31.9 Å². The van der Waals surface area contributed by atoms with Gasteiger partial charge in [-0.25, -0.2) is 4.79 Å². The van der Waals surface area contributed by atoms with Crippen molar-refractivity contribution in [2.75, 3.05) is 0 Å². The number of alkyl carbamates (subject to hydrolysis) is 1. The molecule has 1 heterocycles. The van der Waals surface area contributed by atoms with E-state index in [0.29, 0.717) is 6.42 Å². The number of amides is 1. The fourth-order valence-corrected chi connectivity index (χ4v) is 2.94. The van der Waals surface area contributed by atoms with E-state index >= 15 is 0 Å². The van der Waals surface area contributed by atoms with Crippen molar-refractivity contribution in [3.8, 4) is 0 Å². The normalized spacial score (nSPS) is 12.7. The molecule has 4 nitrogen and oxygen atoms in total. The number of H-pyrrole nitrogens is 1. The van der Waals surface area contributed by atoms with Gasteiger partial charge in [0.2, 0.25) is 0 Å². The average Bonchev–Trinajstić information content (AvgIpc) is 2.79. The Morgan fingerprint density at radius 1 is 1.35 bits per heavy atom. The lowest BCUT2D eigenvalue weighted by molar-refractivity contribution is 0.0514. The fourth-order valence-electron chi connectivity index (χ4n) is 2.30. The van der Waals surface area contributed by atoms with Crippen LogP contribution in [0.2, 0.25) is 0 Å². The molecule has 1 aromatic carbocycles. The molecule has 1 atom stereocenters. The van der Waals surface area contributed by atoms with Gasteiger partial charge in [-0.3, -0.25) is 0 Å². The second-order valence-electron chi connectivity index (χ2n) is 6.27. The molecule has 6 heteroatoms. The van der Waals surface area contributed by atoms with Crippen LogP contribution in [0.4, 0.5) is 4.79 Å². The van der Waals surface area contributed by atoms with Crippen molar-refractivity contribution in [2.24, 2.45) is 0 Å². The molecule has 0 fully saturated rings. The van der Waals surface area contributed by atoms with Crippen molar-refractivity contribution in [3.05, 3.63) is 45.5 Å². The van der Waals surface area contributed by atoms with Gasteiger partial charge >= 0.3 is 6.09 Å². The zero-order valence-corrected chi connectivity index (χ0v) is 16.5. The summed E-state index contributed by atoms with van der Waals surface area (Å²) in [5, 5.41) is 4.05. The topological polar surface area (TPSA) is 54.1 Å². The van der Waals surface area contributed by atoms with Gasteiger partial charge in [0.15, 0.2) is 0 Å². The molecule has 2 aromatic rings. The number of aromatic amines is 1. The van der Waals surface area contributed by atoms with Gasteiger partial charge in [-0.1, -0.05) is 18.2 Å². The van der Waals surface area contributed by atoms with Crippen LogP contribution in [0, 0.1) is 0 Å². The summed E-state index contributed by atoms with van der Waals surface area (Å²) in [4.78, 5) is 15.3. The van der Waals surface area contributed by atoms with Gasteiger partial charge in [0.05, 0.1) is 9.43 Å². The SMILES string of the molecule is CC(C)(C)OC(=O)N[C@H](C=C(Br)Br)Cc1c[nH]c2ccccc12. The first-order valence-corrected chi connectivity index (χ1v) is 8.90. The highest BCUT2D eigenvalue weighted by Crippen LogP contribution is 2.21. The Morgan fingerprint density at radius 2 is 2.04 bits per heavy atom. The molecule has 23 heavy (non-hydrogen) atoms. The van der Waals surface area contributed by atoms with Crippen molar-refractivity contribution in [2.45, 2.75) is 38.8 Å². The zero-order valence-electron chi connectivity index (χ0n) is 13.3. The van der Waals surface area contributed by atoms with Crippen LogP contribution < -0.4 is 5.32 Å². The molecule has 0 aliphatic rings. The van der Waals surface area contributed by atoms with E-state index in [1.165, 1.54) is 0 Å². The molecule has 0 aliphatic heterocycles. The van der Waals surface area contributed by atoms with Crippen LogP contribution in [0.1, 0.15) is 26.3 Å². The summed E-state index contributed by atoms with van der Waals surface area (Å²) in [5.74, 6) is 0. The predicted molar refractivity (Wildman–Crippen MR) is 101 cm³/mol. The average molecular weight is 444 g/mol. The number of halogens is 2. The molecular formula is C17H20Br2N2O2. The molecule has 0 bridgehead atoms. The van der Waals surface area contributed by atoms with Gasteiger partial charge in [-0.15, -0.1) is 0 Å². The van der Waals surface area contributed by atoms with Crippen LogP contribution in [-0.2, 0) is 11.2 Å². The Morgan fingerprint density at radius 3 is 2.70 bits per heavy atom. The maximum atomic E-state index is 12.0. The van der Waals surface area contributed by atoms with E-state index in [0.717, 1.165) is 19.9 Å². The molecule has 0 unspecified atom stereocenters. The number of carbonyl (C=O) groups excluding carboxylic acids is 1. The highest BCUT2D eigenvalue weighted by molar-refractivity contribution is 9.28. The Labute approximate surface area is 152 Å². The van der Waals surface area contributed by atoms with Gasteiger partial charge in [-0.05, 0) is 76.8 Å². The largest absolute Gasteiger partial charge is 0.444 e. The minimum Gasteiger partial charge on any atom is -0.444 e. The molecule has 0 saturated heterocycles. The number of carbonyl (C=O) groups is 1. The van der Waals surface area contributed by atoms with Crippen molar-refractivity contribution < 1.29 is 9.53 Å². The molecule has 0 spiro atoms. The van der Waals surface area contributed by atoms with Gasteiger partial charge in [0.1, 0.15) is 5.60 Å². The number of aromatic nitrogens is 1. The first-order chi connectivity index (χ1) is 10.7. The predicted octanol–water partition coefficient (Wildman–Crippen LogP) is 5.23. The summed E-state index contributed by atoms with van der Waals surface area (Å²) in [5.41, 5.74) is 1.70. The third-order valence-corrected chi connectivity index (χ3v) is 3.67. The van der Waals surface area contributed by atoms with E-state index in [9.17, 15) is 4.79 Å². The van der Waals surface area contributed by atoms with Crippen LogP contribution in [0.3, 0.4) is 0 Å². The van der Waals surface area contributed by atoms with Crippen LogP contribution in [0.5, 0.6) is 0 Å². The molecule has 0 radical (unpaired) electrons. The number of hydrogen-bond acceptors (Lipinski definition) is 2. The van der Waals surface area contributed by atoms with Crippen molar-refractivity contribution >= 4 is 48.9 Å². The van der Waals surface area contributed by atoms with Crippen LogP contribution in [0.25, 0.3) is 10.9 Å². The molecule has 1 amide bonds. The first kappa shape index (κ1) is 18.1. The Bertz CT molecular complexity index is 713. The fraction of sp³-hybridized carbons (Fsp3) is 0.353. The van der Waals surface area contributed by atoms with E-state index in [1.54, 1.807) is 0 Å². The van der Waals surface area contributed by atoms with E-state index in [1.807, 2.05) is 51.2 Å². The minimum absolute atomic E-state index is 0.196. The van der Waals surface area contributed by atoms with Gasteiger partial charge in [0.25, 0.3) is 0 Å². The van der Waals surface area contributed by atoms with Crippen LogP contribution in [-0.4, -0.2) is 22.7 Å². The number of fused-ring (bicyclic) bond motifs is 1. The number of para-hydroxylation sites is 1. The smallest absolute Gasteiger partial charge is 0.408 e. The van der Waals surface area contributed by atoms with Gasteiger partial charge < -0.3 is 15.0 Å². The van der Waals surface area contributed by atoms with Crippen molar-refractivity contribution in [1.29, 1.82) is 0 Å². The number of nitrogens with one attached hydrogen (secondary N) is 2. The van der Waals surface area contributed by atoms with Crippen molar-refractivity contribution in [1.82, 2.24) is 10.3 Å². The highest BCUT2D eigenvalue weighted by atomic mass is 79.9. The second-order valence-corrected chi connectivity index (χ2v) is 9.05. The zero-order chi connectivity index (χ0) is 17.0. The number of rotatable bonds is 4. The quantitative estimate of drug-likeness (QED) is 0.679. The molecule has 2 rings (SSSR count). The monoisotopic (exact) mass is 442 g/mol. The summed E-state index contributed by atoms with van der Waals surface area (Å²) in [7, 11) is 0. The third-order valence-electron chi connectivity index (χ3n) is 3.14. The Kier molecular flexibility index (Phi) is 5.92. The lowest BCUT2D eigenvalue weighted by atomic mass is 10.1. The Hall–Kier alpha value is -1.27. The molecule has 124 valence electrons. The standard InChI is InChI=1S/C17H20Br2N2O2/c1-17(2,3)23-16(22)21-12(9-15(18)19)8-11-10-20-14-7-5-4-6-13(11)14/h4-7,9-10,12,20H,8H2,1-3H3,(H,21,22)/t12-/m0/s1. The maximum Gasteiger partial charge on any atom is 0.408 e. The van der Waals surface area contributed by atoms with E-state index < -0.39 is 11.7 Å². The number of benzene rings is 1. The van der Waals surface area contributed by atoms with E-state index in [-0.39, 0.29) is 6.04 Å². The molecule has 0 aliphatic carbocycles. The summed E-state index contributed by atoms with van der Waals surface area (Å²) in [6.45, 7) is 5.53. The van der Waals surface area contributed by atoms with Crippen molar-refractivity contribution in [3.63, 3.8) is 0 Å². The first-order valence-electron chi connectivity index (χ1n) is 7.32.